The van der Waals surface area contributed by atoms with Gasteiger partial charge in [-0.1, -0.05) is 0 Å². The normalized spacial score (nSPS) is 20.2. The molecular weight excluding hydrogens is 256 g/mol. The first kappa shape index (κ1) is 11.6. The molecule has 3 rings (SSSR count). The van der Waals surface area contributed by atoms with Crippen molar-refractivity contribution in [3.8, 4) is 0 Å². The molecule has 0 radical (unpaired) electrons. The molecule has 0 spiro atoms. The summed E-state index contributed by atoms with van der Waals surface area (Å²) in [6.07, 6.45) is 2.22. The zero-order chi connectivity index (χ0) is 11.7. The molecule has 1 fully saturated rings. The van der Waals surface area contributed by atoms with Crippen molar-refractivity contribution in [3.63, 3.8) is 0 Å². The lowest BCUT2D eigenvalue weighted by Crippen LogP contribution is -2.44. The van der Waals surface area contributed by atoms with Crippen LogP contribution in [0.5, 0.6) is 0 Å². The largest absolute Gasteiger partial charge is 0.353 e. The van der Waals surface area contributed by atoms with Crippen molar-refractivity contribution >= 4 is 29.2 Å². The first-order valence-corrected chi connectivity index (χ1v) is 7.36. The molecule has 0 atom stereocenters. The Bertz CT molecular complexity index is 420. The van der Waals surface area contributed by atoms with Crippen LogP contribution in [0.15, 0.2) is 4.90 Å². The van der Waals surface area contributed by atoms with Crippen LogP contribution in [0, 0.1) is 0 Å². The third-order valence-corrected chi connectivity index (χ3v) is 4.48. The second kappa shape index (κ2) is 5.00. The zero-order valence-corrected chi connectivity index (χ0v) is 11.2. The minimum Gasteiger partial charge on any atom is -0.353 e. The molecule has 0 amide bonds. The van der Waals surface area contributed by atoms with Crippen LogP contribution in [0.4, 0.5) is 5.82 Å². The summed E-state index contributed by atoms with van der Waals surface area (Å²) in [6.45, 7) is 4.03. The summed E-state index contributed by atoms with van der Waals surface area (Å²) in [7, 11) is 0. The first-order valence-electron chi connectivity index (χ1n) is 5.99. The van der Waals surface area contributed by atoms with Crippen molar-refractivity contribution in [2.24, 2.45) is 0 Å². The second-order valence-electron chi connectivity index (χ2n) is 4.28. The van der Waals surface area contributed by atoms with E-state index in [4.69, 9.17) is 11.6 Å². The average molecular weight is 271 g/mol. The molecular formula is C11H15ClN4S. The fraction of sp³-hybridized carbons (Fsp3) is 0.636. The number of hydrogen-bond donors (Lipinski definition) is 1. The lowest BCUT2D eigenvalue weighted by atomic mass is 10.2. The van der Waals surface area contributed by atoms with Crippen LogP contribution in [0.1, 0.15) is 12.1 Å². The Hall–Kier alpha value is -0.520. The van der Waals surface area contributed by atoms with E-state index in [1.807, 2.05) is 11.8 Å². The number of fused-ring (bicyclic) bond motifs is 1. The standard InChI is InChI=1S/C11H15ClN4S/c12-11-14-8-2-1-7-17-9(8)10(15-11)16-5-3-13-4-6-16/h13H,1-7H2. The van der Waals surface area contributed by atoms with Gasteiger partial charge in [-0.2, -0.15) is 4.98 Å². The van der Waals surface area contributed by atoms with Crippen LogP contribution in [0.3, 0.4) is 0 Å². The van der Waals surface area contributed by atoms with Crippen molar-refractivity contribution in [1.82, 2.24) is 15.3 Å². The molecule has 6 heteroatoms. The van der Waals surface area contributed by atoms with Crippen LogP contribution >= 0.6 is 23.4 Å². The van der Waals surface area contributed by atoms with E-state index < -0.39 is 0 Å². The number of piperazine rings is 1. The Labute approximate surface area is 110 Å². The summed E-state index contributed by atoms with van der Waals surface area (Å²) < 4.78 is 0. The number of rotatable bonds is 1. The van der Waals surface area contributed by atoms with E-state index >= 15 is 0 Å². The minimum atomic E-state index is 0.389. The van der Waals surface area contributed by atoms with Gasteiger partial charge in [-0.05, 0) is 30.2 Å². The Morgan fingerprint density at radius 3 is 2.88 bits per heavy atom. The van der Waals surface area contributed by atoms with Gasteiger partial charge in [-0.15, -0.1) is 11.8 Å². The highest BCUT2D eigenvalue weighted by molar-refractivity contribution is 7.99. The predicted octanol–water partition coefficient (Wildman–Crippen LogP) is 1.58. The lowest BCUT2D eigenvalue weighted by Gasteiger charge is -2.31. The summed E-state index contributed by atoms with van der Waals surface area (Å²) in [5.41, 5.74) is 1.13. The maximum Gasteiger partial charge on any atom is 0.224 e. The Kier molecular flexibility index (Phi) is 3.40. The van der Waals surface area contributed by atoms with Crippen LogP contribution in [0.2, 0.25) is 5.28 Å². The van der Waals surface area contributed by atoms with Gasteiger partial charge in [0.2, 0.25) is 5.28 Å². The van der Waals surface area contributed by atoms with Crippen molar-refractivity contribution in [3.05, 3.63) is 11.0 Å². The molecule has 1 saturated heterocycles. The van der Waals surface area contributed by atoms with Gasteiger partial charge >= 0.3 is 0 Å². The van der Waals surface area contributed by atoms with E-state index in [0.717, 1.165) is 49.9 Å². The topological polar surface area (TPSA) is 41.1 Å². The predicted molar refractivity (Wildman–Crippen MR) is 71.2 cm³/mol. The molecule has 3 heterocycles. The molecule has 1 aromatic heterocycles. The van der Waals surface area contributed by atoms with Crippen molar-refractivity contribution in [1.29, 1.82) is 0 Å². The molecule has 2 aliphatic rings. The fourth-order valence-corrected chi connectivity index (χ4v) is 3.57. The Morgan fingerprint density at radius 1 is 1.24 bits per heavy atom. The quantitative estimate of drug-likeness (QED) is 0.785. The highest BCUT2D eigenvalue weighted by Gasteiger charge is 2.22. The van der Waals surface area contributed by atoms with Gasteiger partial charge in [-0.25, -0.2) is 4.98 Å². The number of nitrogens with one attached hydrogen (secondary N) is 1. The Balaban J connectivity index is 1.98. The SMILES string of the molecule is Clc1nc2c(c(N3CCNCC3)n1)SCCC2. The van der Waals surface area contributed by atoms with E-state index in [2.05, 4.69) is 20.2 Å². The zero-order valence-electron chi connectivity index (χ0n) is 9.58. The van der Waals surface area contributed by atoms with E-state index in [-0.39, 0.29) is 0 Å². The summed E-state index contributed by atoms with van der Waals surface area (Å²) >= 11 is 7.90. The van der Waals surface area contributed by atoms with Crippen LogP contribution in [0.25, 0.3) is 0 Å². The van der Waals surface area contributed by atoms with Crippen LogP contribution < -0.4 is 10.2 Å². The monoisotopic (exact) mass is 270 g/mol. The first-order chi connectivity index (χ1) is 8.34. The fourth-order valence-electron chi connectivity index (χ4n) is 2.28. The molecule has 1 N–H and O–H groups in total. The number of aryl methyl sites for hydroxylation is 1. The smallest absolute Gasteiger partial charge is 0.224 e. The van der Waals surface area contributed by atoms with E-state index in [0.29, 0.717) is 5.28 Å². The Morgan fingerprint density at radius 2 is 2.06 bits per heavy atom. The van der Waals surface area contributed by atoms with Gasteiger partial charge in [0.05, 0.1) is 10.6 Å². The van der Waals surface area contributed by atoms with E-state index in [1.165, 1.54) is 11.3 Å². The number of hydrogen-bond acceptors (Lipinski definition) is 5. The van der Waals surface area contributed by atoms with Gasteiger partial charge in [0.15, 0.2) is 0 Å². The maximum atomic E-state index is 6.03. The second-order valence-corrected chi connectivity index (χ2v) is 5.72. The summed E-state index contributed by atoms with van der Waals surface area (Å²) in [4.78, 5) is 12.4. The molecule has 0 saturated carbocycles. The molecule has 2 aliphatic heterocycles. The summed E-state index contributed by atoms with van der Waals surface area (Å²) in [5, 5.41) is 3.74. The molecule has 0 aliphatic carbocycles. The van der Waals surface area contributed by atoms with E-state index in [1.54, 1.807) is 0 Å². The summed E-state index contributed by atoms with van der Waals surface area (Å²) in [5.74, 6) is 2.21. The average Bonchev–Trinajstić information content (AvgIpc) is 2.39. The van der Waals surface area contributed by atoms with Crippen LogP contribution in [-0.4, -0.2) is 41.9 Å². The number of nitrogens with zero attached hydrogens (tertiary/aromatic N) is 3. The van der Waals surface area contributed by atoms with Gasteiger partial charge in [-0.3, -0.25) is 0 Å². The van der Waals surface area contributed by atoms with Crippen molar-refractivity contribution in [2.75, 3.05) is 36.8 Å². The maximum absolute atomic E-state index is 6.03. The molecule has 4 nitrogen and oxygen atoms in total. The highest BCUT2D eigenvalue weighted by atomic mass is 35.5. The number of halogens is 1. The molecule has 17 heavy (non-hydrogen) atoms. The van der Waals surface area contributed by atoms with Crippen molar-refractivity contribution in [2.45, 2.75) is 17.7 Å². The third-order valence-electron chi connectivity index (χ3n) is 3.11. The van der Waals surface area contributed by atoms with Crippen molar-refractivity contribution < 1.29 is 0 Å². The molecule has 0 bridgehead atoms. The number of thioether (sulfide) groups is 1. The van der Waals surface area contributed by atoms with Gasteiger partial charge in [0, 0.05) is 26.2 Å². The van der Waals surface area contributed by atoms with Gasteiger partial charge in [0.25, 0.3) is 0 Å². The third kappa shape index (κ3) is 2.37. The number of anilines is 1. The highest BCUT2D eigenvalue weighted by Crippen LogP contribution is 2.36. The number of aromatic nitrogens is 2. The lowest BCUT2D eigenvalue weighted by molar-refractivity contribution is 0.580. The van der Waals surface area contributed by atoms with Gasteiger partial charge in [0.1, 0.15) is 5.82 Å². The minimum absolute atomic E-state index is 0.389. The molecule has 1 aromatic rings. The molecule has 0 aromatic carbocycles. The van der Waals surface area contributed by atoms with Gasteiger partial charge < -0.3 is 10.2 Å². The van der Waals surface area contributed by atoms with E-state index in [9.17, 15) is 0 Å². The molecule has 92 valence electrons. The molecule has 0 unspecified atom stereocenters. The summed E-state index contributed by atoms with van der Waals surface area (Å²) in [6, 6.07) is 0. The van der Waals surface area contributed by atoms with Crippen LogP contribution in [-0.2, 0) is 6.42 Å².